The third-order valence-corrected chi connectivity index (χ3v) is 1.57. The molecule has 1 fully saturated rings. The Bertz CT molecular complexity index is 89.1. The second-order valence-corrected chi connectivity index (χ2v) is 2.28. The number of nitrogens with zero attached hydrogens (tertiary/aromatic N) is 1. The van der Waals surface area contributed by atoms with Crippen LogP contribution in [0.2, 0.25) is 0 Å². The summed E-state index contributed by atoms with van der Waals surface area (Å²) in [5.74, 6) is 0. The highest BCUT2D eigenvalue weighted by atomic mass is 16.5. The zero-order chi connectivity index (χ0) is 6.53. The van der Waals surface area contributed by atoms with Gasteiger partial charge in [-0.25, -0.2) is 0 Å². The van der Waals surface area contributed by atoms with E-state index >= 15 is 0 Å². The summed E-state index contributed by atoms with van der Waals surface area (Å²) in [6, 6.07) is 0. The molecule has 0 amide bonds. The molecule has 0 spiro atoms. The minimum absolute atomic E-state index is 0.322. The van der Waals surface area contributed by atoms with Crippen LogP contribution in [-0.2, 0) is 4.74 Å². The largest absolute Gasteiger partial charge is 0.378 e. The minimum atomic E-state index is 0.322. The average molecular weight is 129 g/mol. The zero-order valence-corrected chi connectivity index (χ0v) is 5.38. The lowest BCUT2D eigenvalue weighted by Gasteiger charge is -2.03. The number of nitroso groups, excluding NO2 is 1. The van der Waals surface area contributed by atoms with Gasteiger partial charge in [0.1, 0.15) is 0 Å². The SMILES string of the molecule is O=NCCC1CCCO1. The highest BCUT2D eigenvalue weighted by Gasteiger charge is 2.14. The molecule has 0 radical (unpaired) electrons. The van der Waals surface area contributed by atoms with Crippen LogP contribution in [-0.4, -0.2) is 19.3 Å². The van der Waals surface area contributed by atoms with Crippen molar-refractivity contribution >= 4 is 0 Å². The van der Waals surface area contributed by atoms with Gasteiger partial charge in [-0.3, -0.25) is 0 Å². The van der Waals surface area contributed by atoms with E-state index in [0.29, 0.717) is 12.6 Å². The van der Waals surface area contributed by atoms with E-state index in [1.54, 1.807) is 0 Å². The fraction of sp³-hybridized carbons (Fsp3) is 1.00. The molecule has 0 aromatic carbocycles. The van der Waals surface area contributed by atoms with E-state index in [0.717, 1.165) is 25.9 Å². The maximum absolute atomic E-state index is 9.66. The molecule has 0 saturated carbocycles. The van der Waals surface area contributed by atoms with Crippen molar-refractivity contribution in [1.29, 1.82) is 0 Å². The number of hydrogen-bond donors (Lipinski definition) is 0. The average Bonchev–Trinajstić information content (AvgIpc) is 2.34. The highest BCUT2D eigenvalue weighted by molar-refractivity contribution is 4.65. The molecule has 1 heterocycles. The maximum atomic E-state index is 9.66. The van der Waals surface area contributed by atoms with E-state index in [1.807, 2.05) is 0 Å². The molecular weight excluding hydrogens is 118 g/mol. The first-order chi connectivity index (χ1) is 4.43. The second kappa shape index (κ2) is 3.56. The third-order valence-electron chi connectivity index (χ3n) is 1.57. The van der Waals surface area contributed by atoms with Crippen LogP contribution in [0.3, 0.4) is 0 Å². The molecule has 1 aliphatic rings. The molecule has 1 aliphatic heterocycles. The molecule has 52 valence electrons. The Morgan fingerprint density at radius 2 is 2.56 bits per heavy atom. The van der Waals surface area contributed by atoms with Gasteiger partial charge in [0.25, 0.3) is 0 Å². The van der Waals surface area contributed by atoms with Crippen LogP contribution < -0.4 is 0 Å². The van der Waals surface area contributed by atoms with E-state index in [9.17, 15) is 4.91 Å². The lowest BCUT2D eigenvalue weighted by atomic mass is 10.2. The van der Waals surface area contributed by atoms with E-state index in [1.165, 1.54) is 0 Å². The van der Waals surface area contributed by atoms with Gasteiger partial charge in [0, 0.05) is 6.61 Å². The molecule has 1 rings (SSSR count). The van der Waals surface area contributed by atoms with Crippen molar-refractivity contribution in [3.8, 4) is 0 Å². The van der Waals surface area contributed by atoms with Crippen LogP contribution in [0.5, 0.6) is 0 Å². The summed E-state index contributed by atoms with van der Waals surface area (Å²) in [7, 11) is 0. The topological polar surface area (TPSA) is 38.7 Å². The van der Waals surface area contributed by atoms with Gasteiger partial charge in [-0.15, -0.1) is 0 Å². The van der Waals surface area contributed by atoms with Crippen molar-refractivity contribution in [3.05, 3.63) is 4.91 Å². The van der Waals surface area contributed by atoms with Gasteiger partial charge >= 0.3 is 0 Å². The zero-order valence-electron chi connectivity index (χ0n) is 5.38. The van der Waals surface area contributed by atoms with Crippen LogP contribution >= 0.6 is 0 Å². The monoisotopic (exact) mass is 129 g/mol. The number of rotatable bonds is 3. The van der Waals surface area contributed by atoms with Crippen molar-refractivity contribution in [2.45, 2.75) is 25.4 Å². The molecule has 1 saturated heterocycles. The van der Waals surface area contributed by atoms with Gasteiger partial charge in [0.15, 0.2) is 0 Å². The Hall–Kier alpha value is -0.440. The molecule has 1 atom stereocenters. The van der Waals surface area contributed by atoms with Crippen LogP contribution in [0, 0.1) is 4.91 Å². The summed E-state index contributed by atoms with van der Waals surface area (Å²) in [5, 5.41) is 2.77. The van der Waals surface area contributed by atoms with Crippen molar-refractivity contribution in [2.24, 2.45) is 5.18 Å². The maximum Gasteiger partial charge on any atom is 0.0835 e. The summed E-state index contributed by atoms with van der Waals surface area (Å²) >= 11 is 0. The van der Waals surface area contributed by atoms with E-state index in [4.69, 9.17) is 4.74 Å². The molecule has 0 aromatic rings. The number of hydrogen-bond acceptors (Lipinski definition) is 3. The summed E-state index contributed by atoms with van der Waals surface area (Å²) in [6.45, 7) is 1.27. The minimum Gasteiger partial charge on any atom is -0.378 e. The molecule has 0 bridgehead atoms. The van der Waals surface area contributed by atoms with Gasteiger partial charge in [-0.05, 0) is 19.3 Å². The summed E-state index contributed by atoms with van der Waals surface area (Å²) in [5.41, 5.74) is 0. The molecule has 0 N–H and O–H groups in total. The molecule has 0 aromatic heterocycles. The second-order valence-electron chi connectivity index (χ2n) is 2.28. The van der Waals surface area contributed by atoms with Gasteiger partial charge in [-0.1, -0.05) is 5.18 Å². The first-order valence-electron chi connectivity index (χ1n) is 3.34. The quantitative estimate of drug-likeness (QED) is 0.539. The fourth-order valence-electron chi connectivity index (χ4n) is 1.07. The van der Waals surface area contributed by atoms with Crippen molar-refractivity contribution in [2.75, 3.05) is 13.2 Å². The van der Waals surface area contributed by atoms with E-state index < -0.39 is 0 Å². The predicted octanol–water partition coefficient (Wildman–Crippen LogP) is 1.32. The predicted molar refractivity (Wildman–Crippen MR) is 34.3 cm³/mol. The Kier molecular flexibility index (Phi) is 2.64. The van der Waals surface area contributed by atoms with Crippen LogP contribution in [0.15, 0.2) is 5.18 Å². The smallest absolute Gasteiger partial charge is 0.0835 e. The van der Waals surface area contributed by atoms with Crippen LogP contribution in [0.25, 0.3) is 0 Å². The molecule has 0 aliphatic carbocycles. The van der Waals surface area contributed by atoms with Crippen molar-refractivity contribution < 1.29 is 4.74 Å². The van der Waals surface area contributed by atoms with E-state index in [2.05, 4.69) is 5.18 Å². The van der Waals surface area contributed by atoms with Crippen molar-refractivity contribution in [3.63, 3.8) is 0 Å². The summed E-state index contributed by atoms with van der Waals surface area (Å²) in [4.78, 5) is 9.66. The summed E-state index contributed by atoms with van der Waals surface area (Å²) in [6.07, 6.45) is 3.38. The summed E-state index contributed by atoms with van der Waals surface area (Å²) < 4.78 is 5.26. The molecule has 3 nitrogen and oxygen atoms in total. The van der Waals surface area contributed by atoms with Gasteiger partial charge in [-0.2, -0.15) is 4.91 Å². The Morgan fingerprint density at radius 1 is 1.67 bits per heavy atom. The first-order valence-corrected chi connectivity index (χ1v) is 3.34. The molecule has 1 unspecified atom stereocenters. The van der Waals surface area contributed by atoms with Gasteiger partial charge in [0.05, 0.1) is 12.6 Å². The van der Waals surface area contributed by atoms with Crippen LogP contribution in [0.4, 0.5) is 0 Å². The molecule has 3 heteroatoms. The fourth-order valence-corrected chi connectivity index (χ4v) is 1.07. The number of ether oxygens (including phenoxy) is 1. The van der Waals surface area contributed by atoms with E-state index in [-0.39, 0.29) is 0 Å². The normalized spacial score (nSPS) is 26.4. The Labute approximate surface area is 54.4 Å². The standard InChI is InChI=1S/C6H11NO2/c8-7-4-3-6-2-1-5-9-6/h6H,1-5H2. The lowest BCUT2D eigenvalue weighted by Crippen LogP contribution is -2.05. The Morgan fingerprint density at radius 3 is 3.11 bits per heavy atom. The molecular formula is C6H11NO2. The van der Waals surface area contributed by atoms with Gasteiger partial charge < -0.3 is 4.74 Å². The third kappa shape index (κ3) is 2.10. The van der Waals surface area contributed by atoms with Gasteiger partial charge in [0.2, 0.25) is 0 Å². The highest BCUT2D eigenvalue weighted by Crippen LogP contribution is 2.14. The first kappa shape index (κ1) is 6.68. The van der Waals surface area contributed by atoms with Crippen LogP contribution in [0.1, 0.15) is 19.3 Å². The Balaban J connectivity index is 2.04. The lowest BCUT2D eigenvalue weighted by molar-refractivity contribution is 0.106. The van der Waals surface area contributed by atoms with Crippen molar-refractivity contribution in [1.82, 2.24) is 0 Å². The molecule has 9 heavy (non-hydrogen) atoms.